The second-order valence-electron chi connectivity index (χ2n) is 6.37. The number of amides is 2. The first-order chi connectivity index (χ1) is 13.1. The van der Waals surface area contributed by atoms with Crippen LogP contribution in [-0.2, 0) is 11.2 Å². The Balaban J connectivity index is 1.49. The number of methoxy groups -OCH3 is 2. The van der Waals surface area contributed by atoms with Crippen LogP contribution in [0.25, 0.3) is 0 Å². The van der Waals surface area contributed by atoms with E-state index in [1.165, 1.54) is 12.5 Å². The summed E-state index contributed by atoms with van der Waals surface area (Å²) in [6, 6.07) is 7.34. The largest absolute Gasteiger partial charge is 0.493 e. The molecular weight excluding hydrogens is 348 g/mol. The molecule has 2 aromatic rings. The second-order valence-corrected chi connectivity index (χ2v) is 6.37. The molecule has 1 aliphatic heterocycles. The minimum absolute atomic E-state index is 0.0545. The third kappa shape index (κ3) is 4.42. The van der Waals surface area contributed by atoms with Crippen LogP contribution in [0.3, 0.4) is 0 Å². The molecule has 1 aromatic heterocycles. The summed E-state index contributed by atoms with van der Waals surface area (Å²) in [5, 5.41) is 0. The molecule has 0 aliphatic carbocycles. The molecule has 1 aromatic carbocycles. The maximum absolute atomic E-state index is 12.5. The Morgan fingerprint density at radius 1 is 1.00 bits per heavy atom. The minimum Gasteiger partial charge on any atom is -0.493 e. The molecule has 0 bridgehead atoms. The molecule has 1 fully saturated rings. The van der Waals surface area contributed by atoms with E-state index >= 15 is 0 Å². The normalized spacial score (nSPS) is 14.1. The summed E-state index contributed by atoms with van der Waals surface area (Å²) in [5.41, 5.74) is 1.57. The molecule has 2 amide bonds. The van der Waals surface area contributed by atoms with Crippen molar-refractivity contribution in [1.82, 2.24) is 9.80 Å². The Morgan fingerprint density at radius 2 is 1.70 bits per heavy atom. The molecular formula is C20H24N2O5. The number of hydrogen-bond donors (Lipinski definition) is 0. The standard InChI is InChI=1S/C20H24N2O5/c1-25-17-5-3-15(13-18(17)26-2)4-6-19(23)21-8-10-22(11-9-21)20(24)16-7-12-27-14-16/h3,5,7,12-14H,4,6,8-11H2,1-2H3. The highest BCUT2D eigenvalue weighted by Crippen LogP contribution is 2.28. The molecule has 0 spiro atoms. The average Bonchev–Trinajstić information content (AvgIpc) is 3.26. The average molecular weight is 372 g/mol. The molecule has 0 N–H and O–H groups in total. The fourth-order valence-corrected chi connectivity index (χ4v) is 3.17. The third-order valence-electron chi connectivity index (χ3n) is 4.76. The number of carbonyl (C=O) groups is 2. The zero-order chi connectivity index (χ0) is 19.2. The van der Waals surface area contributed by atoms with E-state index in [0.717, 1.165) is 5.56 Å². The van der Waals surface area contributed by atoms with E-state index in [0.29, 0.717) is 56.1 Å². The van der Waals surface area contributed by atoms with Gasteiger partial charge in [0.05, 0.1) is 26.0 Å². The van der Waals surface area contributed by atoms with Crippen LogP contribution in [0.15, 0.2) is 41.2 Å². The summed E-state index contributed by atoms with van der Waals surface area (Å²) in [6.45, 7) is 2.17. The summed E-state index contributed by atoms with van der Waals surface area (Å²) < 4.78 is 15.5. The van der Waals surface area contributed by atoms with Crippen molar-refractivity contribution in [1.29, 1.82) is 0 Å². The molecule has 2 heterocycles. The molecule has 144 valence electrons. The van der Waals surface area contributed by atoms with E-state index in [1.54, 1.807) is 25.2 Å². The van der Waals surface area contributed by atoms with Crippen molar-refractivity contribution in [2.24, 2.45) is 0 Å². The van der Waals surface area contributed by atoms with E-state index < -0.39 is 0 Å². The molecule has 0 atom stereocenters. The van der Waals surface area contributed by atoms with E-state index in [-0.39, 0.29) is 11.8 Å². The Morgan fingerprint density at radius 3 is 2.33 bits per heavy atom. The first kappa shape index (κ1) is 18.8. The summed E-state index contributed by atoms with van der Waals surface area (Å²) >= 11 is 0. The summed E-state index contributed by atoms with van der Waals surface area (Å²) in [4.78, 5) is 28.4. The quantitative estimate of drug-likeness (QED) is 0.777. The first-order valence-electron chi connectivity index (χ1n) is 8.92. The number of furan rings is 1. The number of nitrogens with zero attached hydrogens (tertiary/aromatic N) is 2. The number of ether oxygens (including phenoxy) is 2. The molecule has 0 saturated carbocycles. The number of aryl methyl sites for hydroxylation is 1. The Bertz CT molecular complexity index is 780. The van der Waals surface area contributed by atoms with Gasteiger partial charge in [0.2, 0.25) is 5.91 Å². The predicted molar refractivity (Wildman–Crippen MR) is 99.1 cm³/mol. The molecule has 7 heteroatoms. The van der Waals surface area contributed by atoms with Crippen molar-refractivity contribution in [3.63, 3.8) is 0 Å². The highest BCUT2D eigenvalue weighted by molar-refractivity contribution is 5.94. The van der Waals surface area contributed by atoms with Gasteiger partial charge in [-0.25, -0.2) is 0 Å². The van der Waals surface area contributed by atoms with E-state index in [2.05, 4.69) is 0 Å². The van der Waals surface area contributed by atoms with Crippen molar-refractivity contribution in [3.8, 4) is 11.5 Å². The van der Waals surface area contributed by atoms with Crippen LogP contribution >= 0.6 is 0 Å². The van der Waals surface area contributed by atoms with Gasteiger partial charge < -0.3 is 23.7 Å². The summed E-state index contributed by atoms with van der Waals surface area (Å²) in [7, 11) is 3.19. The lowest BCUT2D eigenvalue weighted by Gasteiger charge is -2.34. The summed E-state index contributed by atoms with van der Waals surface area (Å²) in [6.07, 6.45) is 3.99. The number of carbonyl (C=O) groups excluding carboxylic acids is 2. The molecule has 0 unspecified atom stereocenters. The van der Waals surface area contributed by atoms with Crippen LogP contribution in [0.4, 0.5) is 0 Å². The summed E-state index contributed by atoms with van der Waals surface area (Å²) in [5.74, 6) is 1.38. The highest BCUT2D eigenvalue weighted by Gasteiger charge is 2.25. The van der Waals surface area contributed by atoms with Crippen LogP contribution in [0.5, 0.6) is 11.5 Å². The van der Waals surface area contributed by atoms with Crippen molar-refractivity contribution in [3.05, 3.63) is 47.9 Å². The van der Waals surface area contributed by atoms with Crippen LogP contribution in [0.2, 0.25) is 0 Å². The zero-order valence-electron chi connectivity index (χ0n) is 15.6. The van der Waals surface area contributed by atoms with Crippen molar-refractivity contribution < 1.29 is 23.5 Å². The van der Waals surface area contributed by atoms with Crippen molar-refractivity contribution in [2.45, 2.75) is 12.8 Å². The molecule has 7 nitrogen and oxygen atoms in total. The smallest absolute Gasteiger partial charge is 0.257 e. The van der Waals surface area contributed by atoms with Gasteiger partial charge in [-0.15, -0.1) is 0 Å². The van der Waals surface area contributed by atoms with Gasteiger partial charge in [-0.1, -0.05) is 6.07 Å². The van der Waals surface area contributed by atoms with Gasteiger partial charge >= 0.3 is 0 Å². The van der Waals surface area contributed by atoms with Crippen molar-refractivity contribution >= 4 is 11.8 Å². The monoisotopic (exact) mass is 372 g/mol. The highest BCUT2D eigenvalue weighted by atomic mass is 16.5. The minimum atomic E-state index is -0.0545. The van der Waals surface area contributed by atoms with Gasteiger partial charge in [-0.3, -0.25) is 9.59 Å². The lowest BCUT2D eigenvalue weighted by atomic mass is 10.1. The molecule has 1 saturated heterocycles. The van der Waals surface area contributed by atoms with Crippen molar-refractivity contribution in [2.75, 3.05) is 40.4 Å². The SMILES string of the molecule is COc1ccc(CCC(=O)N2CCN(C(=O)c3ccoc3)CC2)cc1OC. The van der Waals surface area contributed by atoms with Crippen LogP contribution < -0.4 is 9.47 Å². The molecule has 3 rings (SSSR count). The number of hydrogen-bond acceptors (Lipinski definition) is 5. The Labute approximate surface area is 158 Å². The molecule has 27 heavy (non-hydrogen) atoms. The van der Waals surface area contributed by atoms with Gasteiger partial charge in [0.25, 0.3) is 5.91 Å². The van der Waals surface area contributed by atoms with Gasteiger partial charge in [-0.05, 0) is 30.2 Å². The van der Waals surface area contributed by atoms with E-state index in [1.807, 2.05) is 23.1 Å². The van der Waals surface area contributed by atoms with Gasteiger partial charge in [0.1, 0.15) is 6.26 Å². The first-order valence-corrected chi connectivity index (χ1v) is 8.92. The Kier molecular flexibility index (Phi) is 6.01. The maximum atomic E-state index is 12.5. The number of benzene rings is 1. The topological polar surface area (TPSA) is 72.2 Å². The third-order valence-corrected chi connectivity index (χ3v) is 4.76. The fourth-order valence-electron chi connectivity index (χ4n) is 3.17. The maximum Gasteiger partial charge on any atom is 0.257 e. The van der Waals surface area contributed by atoms with E-state index in [4.69, 9.17) is 13.9 Å². The number of rotatable bonds is 6. The van der Waals surface area contributed by atoms with Crippen LogP contribution in [0.1, 0.15) is 22.3 Å². The van der Waals surface area contributed by atoms with Gasteiger partial charge in [0.15, 0.2) is 11.5 Å². The lowest BCUT2D eigenvalue weighted by Crippen LogP contribution is -2.50. The second kappa shape index (κ2) is 8.62. The molecule has 1 aliphatic rings. The fraction of sp³-hybridized carbons (Fsp3) is 0.400. The van der Waals surface area contributed by atoms with E-state index in [9.17, 15) is 9.59 Å². The van der Waals surface area contributed by atoms with Crippen LogP contribution in [-0.4, -0.2) is 62.0 Å². The van der Waals surface area contributed by atoms with Crippen LogP contribution in [0, 0.1) is 0 Å². The van der Waals surface area contributed by atoms with Gasteiger partial charge in [-0.2, -0.15) is 0 Å². The predicted octanol–water partition coefficient (Wildman–Crippen LogP) is 2.21. The molecule has 0 radical (unpaired) electrons. The Hall–Kier alpha value is -2.96. The van der Waals surface area contributed by atoms with Gasteiger partial charge in [0, 0.05) is 32.6 Å². The zero-order valence-corrected chi connectivity index (χ0v) is 15.6. The number of piperazine rings is 1. The lowest BCUT2D eigenvalue weighted by molar-refractivity contribution is -0.132.